The predicted molar refractivity (Wildman–Crippen MR) is 70.3 cm³/mol. The molecule has 0 aliphatic rings. The Labute approximate surface area is 130 Å². The minimum absolute atomic E-state index is 0.141. The fourth-order valence-corrected chi connectivity index (χ4v) is 2.50. The zero-order valence-electron chi connectivity index (χ0n) is 11.0. The molecule has 0 rings (SSSR count). The number of methoxy groups -OCH3 is 1. The van der Waals surface area contributed by atoms with Crippen molar-refractivity contribution in [1.29, 1.82) is 0 Å². The molecule has 0 heterocycles. The van der Waals surface area contributed by atoms with E-state index in [0.717, 1.165) is 7.11 Å². The van der Waals surface area contributed by atoms with Crippen molar-refractivity contribution in [1.82, 2.24) is 0 Å². The monoisotopic (exact) mass is 376 g/mol. The van der Waals surface area contributed by atoms with E-state index in [0.29, 0.717) is 17.8 Å². The Bertz CT molecular complexity index is 373. The summed E-state index contributed by atoms with van der Waals surface area (Å²) in [5, 5.41) is 0. The van der Waals surface area contributed by atoms with E-state index in [9.17, 15) is 31.1 Å². The van der Waals surface area contributed by atoms with Crippen LogP contribution >= 0.6 is 23.4 Å². The Kier molecular flexibility index (Phi) is 10.5. The zero-order valence-corrected chi connectivity index (χ0v) is 12.5. The predicted octanol–water partition coefficient (Wildman–Crippen LogP) is 4.36. The van der Waals surface area contributed by atoms with Crippen LogP contribution in [0.1, 0.15) is 12.8 Å². The van der Waals surface area contributed by atoms with Crippen LogP contribution in [0, 0.1) is 9.93 Å². The number of esters is 1. The van der Waals surface area contributed by atoms with Gasteiger partial charge in [0, 0.05) is 28.2 Å². The van der Waals surface area contributed by atoms with Gasteiger partial charge in [-0.25, -0.2) is 4.79 Å². The highest BCUT2D eigenvalue weighted by Gasteiger charge is 2.39. The van der Waals surface area contributed by atoms with Gasteiger partial charge in [-0.3, -0.25) is 0 Å². The second kappa shape index (κ2) is 9.93. The summed E-state index contributed by atoms with van der Waals surface area (Å²) in [5.41, 5.74) is 0. The van der Waals surface area contributed by atoms with Gasteiger partial charge < -0.3 is 4.74 Å². The van der Waals surface area contributed by atoms with Crippen LogP contribution in [0.4, 0.5) is 26.3 Å². The SMILES string of the molecule is COC(=O)C(Cl)(C/C=C/C(F)(F)F)SCCC(F)(F)F.O=O. The summed E-state index contributed by atoms with van der Waals surface area (Å²) in [5.74, 6) is -1.67. The van der Waals surface area contributed by atoms with Gasteiger partial charge >= 0.3 is 18.3 Å². The third-order valence-corrected chi connectivity index (χ3v) is 3.73. The number of thioether (sulfide) groups is 1. The van der Waals surface area contributed by atoms with Crippen molar-refractivity contribution in [3.63, 3.8) is 0 Å². The molecule has 0 amide bonds. The third kappa shape index (κ3) is 11.7. The number of rotatable bonds is 6. The molecule has 0 aromatic heterocycles. The van der Waals surface area contributed by atoms with Crippen LogP contribution in [-0.2, 0) is 9.53 Å². The van der Waals surface area contributed by atoms with Crippen LogP contribution < -0.4 is 0 Å². The van der Waals surface area contributed by atoms with Gasteiger partial charge in [-0.1, -0.05) is 17.7 Å². The molecule has 1 atom stereocenters. The highest BCUT2D eigenvalue weighted by Crippen LogP contribution is 2.38. The number of ether oxygens (including phenoxy) is 1. The Balaban J connectivity index is 0. The van der Waals surface area contributed by atoms with Gasteiger partial charge in [0.1, 0.15) is 0 Å². The highest BCUT2D eigenvalue weighted by atomic mass is 35.5. The van der Waals surface area contributed by atoms with E-state index in [1.807, 2.05) is 0 Å². The van der Waals surface area contributed by atoms with Crippen molar-refractivity contribution >= 4 is 29.3 Å². The molecule has 130 valence electrons. The number of allylic oxidation sites excluding steroid dienone is 2. The Hall–Kier alpha value is -0.970. The van der Waals surface area contributed by atoms with E-state index < -0.39 is 41.1 Å². The first-order valence-electron chi connectivity index (χ1n) is 5.29. The average Bonchev–Trinajstić information content (AvgIpc) is 2.37. The molecule has 0 bridgehead atoms. The average molecular weight is 377 g/mol. The fraction of sp³-hybridized carbons (Fsp3) is 0.700. The lowest BCUT2D eigenvalue weighted by Gasteiger charge is -2.22. The van der Waals surface area contributed by atoms with Crippen molar-refractivity contribution in [2.24, 2.45) is 0 Å². The van der Waals surface area contributed by atoms with E-state index in [2.05, 4.69) is 4.74 Å². The molecule has 0 spiro atoms. The number of hydrogen-bond donors (Lipinski definition) is 0. The molecular formula is C10H11ClF6O4S. The molecule has 0 saturated carbocycles. The Morgan fingerprint density at radius 2 is 1.68 bits per heavy atom. The number of carbonyl (C=O) groups excluding carboxylic acids is 1. The molecule has 1 unspecified atom stereocenters. The van der Waals surface area contributed by atoms with Gasteiger partial charge in [0.15, 0.2) is 4.21 Å². The maximum absolute atomic E-state index is 12.0. The lowest BCUT2D eigenvalue weighted by atomic mass is 10.2. The summed E-state index contributed by atoms with van der Waals surface area (Å²) in [4.78, 5) is 25.4. The first kappa shape index (κ1) is 23.3. The van der Waals surface area contributed by atoms with Crippen molar-refractivity contribution < 1.29 is 35.9 Å². The molecule has 0 aliphatic heterocycles. The highest BCUT2D eigenvalue weighted by molar-refractivity contribution is 8.02. The minimum atomic E-state index is -4.59. The Morgan fingerprint density at radius 1 is 1.18 bits per heavy atom. The van der Waals surface area contributed by atoms with Crippen LogP contribution in [0.3, 0.4) is 0 Å². The molecule has 0 radical (unpaired) electrons. The summed E-state index contributed by atoms with van der Waals surface area (Å²) in [6, 6.07) is 0. The smallest absolute Gasteiger partial charge is 0.409 e. The first-order chi connectivity index (χ1) is 9.90. The van der Waals surface area contributed by atoms with Gasteiger partial charge in [-0.15, -0.1) is 11.8 Å². The molecular weight excluding hydrogens is 366 g/mol. The summed E-state index contributed by atoms with van der Waals surface area (Å²) in [6.45, 7) is 0. The van der Waals surface area contributed by atoms with Crippen LogP contribution in [0.25, 0.3) is 0 Å². The topological polar surface area (TPSA) is 60.4 Å². The maximum Gasteiger partial charge on any atom is 0.409 e. The van der Waals surface area contributed by atoms with Crippen LogP contribution in [-0.4, -0.2) is 35.4 Å². The van der Waals surface area contributed by atoms with Crippen LogP contribution in [0.15, 0.2) is 12.2 Å². The van der Waals surface area contributed by atoms with E-state index in [1.54, 1.807) is 0 Å². The van der Waals surface area contributed by atoms with Crippen molar-refractivity contribution in [3.05, 3.63) is 22.1 Å². The van der Waals surface area contributed by atoms with E-state index >= 15 is 0 Å². The summed E-state index contributed by atoms with van der Waals surface area (Å²) in [7, 11) is 0.942. The van der Waals surface area contributed by atoms with E-state index in [4.69, 9.17) is 21.5 Å². The molecule has 0 aliphatic carbocycles. The molecule has 0 N–H and O–H groups in total. The second-order valence-electron chi connectivity index (χ2n) is 3.58. The fourth-order valence-electron chi connectivity index (χ4n) is 1.03. The van der Waals surface area contributed by atoms with Gasteiger partial charge in [0.05, 0.1) is 13.5 Å². The number of hydrogen-bond acceptors (Lipinski definition) is 5. The lowest BCUT2D eigenvalue weighted by molar-refractivity contribution is -0.141. The quantitative estimate of drug-likeness (QED) is 0.298. The molecule has 0 fully saturated rings. The van der Waals surface area contributed by atoms with Crippen molar-refractivity contribution in [2.45, 2.75) is 29.4 Å². The van der Waals surface area contributed by atoms with Crippen molar-refractivity contribution in [3.8, 4) is 0 Å². The number of carbonyl (C=O) groups is 1. The van der Waals surface area contributed by atoms with E-state index in [1.165, 1.54) is 0 Å². The normalized spacial score (nSPS) is 14.9. The molecule has 22 heavy (non-hydrogen) atoms. The summed E-state index contributed by atoms with van der Waals surface area (Å²) >= 11 is 6.14. The van der Waals surface area contributed by atoms with Crippen LogP contribution in [0.2, 0.25) is 0 Å². The summed E-state index contributed by atoms with van der Waals surface area (Å²) < 4.78 is 74.0. The van der Waals surface area contributed by atoms with Gasteiger partial charge in [0.25, 0.3) is 0 Å². The number of halogens is 7. The summed E-state index contributed by atoms with van der Waals surface area (Å²) in [6.07, 6.45) is -10.4. The third-order valence-electron chi connectivity index (χ3n) is 1.89. The molecule has 0 saturated heterocycles. The molecule has 4 nitrogen and oxygen atoms in total. The molecule has 0 aromatic carbocycles. The Morgan fingerprint density at radius 3 is 2.05 bits per heavy atom. The maximum atomic E-state index is 12.0. The molecule has 0 aromatic rings. The standard InChI is InChI=1S/C10H11ClF6O2S.O2/c1-19-7(18)8(11,3-2-4-9(12,13)14)20-6-5-10(15,16)17;1-2/h2,4H,3,5-6H2,1H3;/b4-2+;. The van der Waals surface area contributed by atoms with Gasteiger partial charge in [-0.05, 0) is 0 Å². The zero-order chi connectivity index (χ0) is 18.0. The van der Waals surface area contributed by atoms with Crippen molar-refractivity contribution in [2.75, 3.05) is 12.9 Å². The minimum Gasteiger partial charge on any atom is -0.467 e. The first-order valence-corrected chi connectivity index (χ1v) is 6.65. The second-order valence-corrected chi connectivity index (χ2v) is 5.84. The largest absolute Gasteiger partial charge is 0.467 e. The van der Waals surface area contributed by atoms with Crippen LogP contribution in [0.5, 0.6) is 0 Å². The lowest BCUT2D eigenvalue weighted by Crippen LogP contribution is -2.30. The van der Waals surface area contributed by atoms with E-state index in [-0.39, 0.29) is 6.08 Å². The van der Waals surface area contributed by atoms with Gasteiger partial charge in [0.2, 0.25) is 0 Å². The molecule has 12 heteroatoms. The number of alkyl halides is 7. The van der Waals surface area contributed by atoms with Gasteiger partial charge in [-0.2, -0.15) is 26.3 Å².